The Labute approximate surface area is 80.0 Å². The molecule has 3 nitrogen and oxygen atoms in total. The fourth-order valence-corrected chi connectivity index (χ4v) is 1.33. The third-order valence-corrected chi connectivity index (χ3v) is 1.97. The molecule has 0 atom stereocenters. The van der Waals surface area contributed by atoms with Gasteiger partial charge in [-0.15, -0.1) is 0 Å². The fraction of sp³-hybridized carbons (Fsp3) is 0. The van der Waals surface area contributed by atoms with Gasteiger partial charge in [-0.2, -0.15) is 5.10 Å². The molecule has 1 aromatic heterocycles. The summed E-state index contributed by atoms with van der Waals surface area (Å²) in [7, 11) is 0. The zero-order valence-electron chi connectivity index (χ0n) is 6.66. The third-order valence-electron chi connectivity index (χ3n) is 1.73. The van der Waals surface area contributed by atoms with Crippen LogP contribution in [0.4, 0.5) is 0 Å². The van der Waals surface area contributed by atoms with E-state index < -0.39 is 0 Å². The van der Waals surface area contributed by atoms with Gasteiger partial charge < -0.3 is 5.11 Å². The van der Waals surface area contributed by atoms with Crippen LogP contribution >= 0.6 is 11.6 Å². The van der Waals surface area contributed by atoms with Crippen LogP contribution in [-0.2, 0) is 0 Å². The van der Waals surface area contributed by atoms with Crippen LogP contribution < -0.4 is 0 Å². The van der Waals surface area contributed by atoms with Crippen LogP contribution in [0.2, 0.25) is 5.02 Å². The molecule has 0 radical (unpaired) electrons. The van der Waals surface area contributed by atoms with Crippen LogP contribution in [0.15, 0.2) is 30.5 Å². The van der Waals surface area contributed by atoms with Crippen molar-refractivity contribution in [1.29, 1.82) is 0 Å². The van der Waals surface area contributed by atoms with Crippen molar-refractivity contribution < 1.29 is 5.11 Å². The van der Waals surface area contributed by atoms with Gasteiger partial charge in [0.05, 0.1) is 6.20 Å². The average molecular weight is 195 g/mol. The van der Waals surface area contributed by atoms with Gasteiger partial charge in [0.2, 0.25) is 0 Å². The first-order valence-electron chi connectivity index (χ1n) is 3.75. The normalized spacial score (nSPS) is 10.2. The number of nitrogens with one attached hydrogen (secondary N) is 1. The minimum Gasteiger partial charge on any atom is -0.504 e. The van der Waals surface area contributed by atoms with E-state index in [2.05, 4.69) is 10.2 Å². The van der Waals surface area contributed by atoms with Gasteiger partial charge in [0.1, 0.15) is 5.69 Å². The molecule has 0 bridgehead atoms. The van der Waals surface area contributed by atoms with Crippen molar-refractivity contribution in [3.05, 3.63) is 35.5 Å². The molecule has 0 aliphatic carbocycles. The lowest BCUT2D eigenvalue weighted by Gasteiger charge is -1.98. The SMILES string of the molecule is Oc1cn[nH]c1-c1cccc(Cl)c1. The summed E-state index contributed by atoms with van der Waals surface area (Å²) in [5.41, 5.74) is 1.41. The smallest absolute Gasteiger partial charge is 0.161 e. The van der Waals surface area contributed by atoms with E-state index in [1.165, 1.54) is 6.20 Å². The molecular formula is C9H7ClN2O. The molecule has 1 aromatic carbocycles. The Morgan fingerprint density at radius 3 is 2.85 bits per heavy atom. The van der Waals surface area contributed by atoms with Crippen LogP contribution in [0.25, 0.3) is 11.3 Å². The highest BCUT2D eigenvalue weighted by molar-refractivity contribution is 6.30. The van der Waals surface area contributed by atoms with E-state index in [1.54, 1.807) is 12.1 Å². The van der Waals surface area contributed by atoms with Crippen molar-refractivity contribution >= 4 is 11.6 Å². The summed E-state index contributed by atoms with van der Waals surface area (Å²) >= 11 is 5.80. The van der Waals surface area contributed by atoms with Gasteiger partial charge >= 0.3 is 0 Å². The molecule has 0 saturated heterocycles. The van der Waals surface area contributed by atoms with Gasteiger partial charge in [-0.1, -0.05) is 23.7 Å². The van der Waals surface area contributed by atoms with Crippen LogP contribution in [0, 0.1) is 0 Å². The quantitative estimate of drug-likeness (QED) is 0.733. The third kappa shape index (κ3) is 1.51. The number of rotatable bonds is 1. The number of benzene rings is 1. The highest BCUT2D eigenvalue weighted by Gasteiger charge is 2.05. The second kappa shape index (κ2) is 3.11. The molecule has 2 rings (SSSR count). The summed E-state index contributed by atoms with van der Waals surface area (Å²) in [6.07, 6.45) is 1.36. The number of H-pyrrole nitrogens is 1. The summed E-state index contributed by atoms with van der Waals surface area (Å²) < 4.78 is 0. The minimum atomic E-state index is 0.127. The molecule has 0 aliphatic heterocycles. The summed E-state index contributed by atoms with van der Waals surface area (Å²) in [5.74, 6) is 0.127. The van der Waals surface area contributed by atoms with Crippen molar-refractivity contribution in [3.8, 4) is 17.0 Å². The van der Waals surface area contributed by atoms with Crippen molar-refractivity contribution in [3.63, 3.8) is 0 Å². The number of aromatic amines is 1. The van der Waals surface area contributed by atoms with Crippen LogP contribution in [0.5, 0.6) is 5.75 Å². The highest BCUT2D eigenvalue weighted by atomic mass is 35.5. The predicted molar refractivity (Wildman–Crippen MR) is 50.7 cm³/mol. The lowest BCUT2D eigenvalue weighted by Crippen LogP contribution is -1.78. The molecule has 1 heterocycles. The monoisotopic (exact) mass is 194 g/mol. The largest absolute Gasteiger partial charge is 0.504 e. The first kappa shape index (κ1) is 8.13. The van der Waals surface area contributed by atoms with Crippen molar-refractivity contribution in [2.45, 2.75) is 0 Å². The van der Waals surface area contributed by atoms with Gasteiger partial charge in [0.25, 0.3) is 0 Å². The van der Waals surface area contributed by atoms with Crippen LogP contribution in [0.1, 0.15) is 0 Å². The summed E-state index contributed by atoms with van der Waals surface area (Å²) in [6.45, 7) is 0. The van der Waals surface area contributed by atoms with E-state index in [-0.39, 0.29) is 5.75 Å². The van der Waals surface area contributed by atoms with E-state index in [4.69, 9.17) is 11.6 Å². The molecule has 0 aliphatic rings. The van der Waals surface area contributed by atoms with Gasteiger partial charge in [-0.05, 0) is 12.1 Å². The Kier molecular flexibility index (Phi) is 1.94. The van der Waals surface area contributed by atoms with Crippen molar-refractivity contribution in [2.75, 3.05) is 0 Å². The average Bonchev–Trinajstić information content (AvgIpc) is 2.51. The van der Waals surface area contributed by atoms with Crippen LogP contribution in [-0.4, -0.2) is 15.3 Å². The van der Waals surface area contributed by atoms with Gasteiger partial charge in [-0.3, -0.25) is 5.10 Å². The maximum absolute atomic E-state index is 9.36. The van der Waals surface area contributed by atoms with E-state index in [9.17, 15) is 5.11 Å². The molecule has 2 N–H and O–H groups in total. The number of nitrogens with zero attached hydrogens (tertiary/aromatic N) is 1. The predicted octanol–water partition coefficient (Wildman–Crippen LogP) is 2.44. The molecule has 0 fully saturated rings. The number of aromatic nitrogens is 2. The van der Waals surface area contributed by atoms with E-state index in [1.807, 2.05) is 12.1 Å². The van der Waals surface area contributed by atoms with Gasteiger partial charge in [0.15, 0.2) is 5.75 Å². The van der Waals surface area contributed by atoms with Crippen molar-refractivity contribution in [2.24, 2.45) is 0 Å². The second-order valence-corrected chi connectivity index (χ2v) is 3.08. The molecule has 66 valence electrons. The Balaban J connectivity index is 2.53. The lowest BCUT2D eigenvalue weighted by molar-refractivity contribution is 0.477. The number of hydrogen-bond acceptors (Lipinski definition) is 2. The molecule has 0 unspecified atom stereocenters. The maximum atomic E-state index is 9.36. The standard InChI is InChI=1S/C9H7ClN2O/c10-7-3-1-2-6(4-7)9-8(13)5-11-12-9/h1-5,13H,(H,11,12). The number of hydrogen-bond donors (Lipinski definition) is 2. The Hall–Kier alpha value is -1.48. The first-order chi connectivity index (χ1) is 6.27. The second-order valence-electron chi connectivity index (χ2n) is 2.64. The zero-order valence-corrected chi connectivity index (χ0v) is 7.42. The Morgan fingerprint density at radius 1 is 1.38 bits per heavy atom. The van der Waals surface area contributed by atoms with Crippen LogP contribution in [0.3, 0.4) is 0 Å². The topological polar surface area (TPSA) is 48.9 Å². The van der Waals surface area contributed by atoms with E-state index >= 15 is 0 Å². The molecular weight excluding hydrogens is 188 g/mol. The number of halogens is 1. The molecule has 0 amide bonds. The summed E-state index contributed by atoms with van der Waals surface area (Å²) in [6, 6.07) is 7.20. The van der Waals surface area contributed by atoms with Gasteiger partial charge in [-0.25, -0.2) is 0 Å². The van der Waals surface area contributed by atoms with E-state index in [0.717, 1.165) is 5.56 Å². The summed E-state index contributed by atoms with van der Waals surface area (Å²) in [5, 5.41) is 16.4. The number of aromatic hydroxyl groups is 1. The molecule has 4 heteroatoms. The zero-order chi connectivity index (χ0) is 9.26. The van der Waals surface area contributed by atoms with Gasteiger partial charge in [0, 0.05) is 10.6 Å². The van der Waals surface area contributed by atoms with E-state index in [0.29, 0.717) is 10.7 Å². The first-order valence-corrected chi connectivity index (χ1v) is 4.13. The molecule has 0 spiro atoms. The maximum Gasteiger partial charge on any atom is 0.161 e. The minimum absolute atomic E-state index is 0.127. The lowest BCUT2D eigenvalue weighted by atomic mass is 10.1. The van der Waals surface area contributed by atoms with Crippen molar-refractivity contribution in [1.82, 2.24) is 10.2 Å². The summed E-state index contributed by atoms with van der Waals surface area (Å²) in [4.78, 5) is 0. The Morgan fingerprint density at radius 2 is 2.23 bits per heavy atom. The molecule has 2 aromatic rings. The molecule has 13 heavy (non-hydrogen) atoms. The highest BCUT2D eigenvalue weighted by Crippen LogP contribution is 2.27. The fourth-order valence-electron chi connectivity index (χ4n) is 1.14. The Bertz CT molecular complexity index is 425. The molecule has 0 saturated carbocycles.